The third-order valence-electron chi connectivity index (χ3n) is 6.02. The number of aromatic nitrogens is 1. The molecule has 0 aliphatic rings. The van der Waals surface area contributed by atoms with Crippen molar-refractivity contribution in [1.29, 1.82) is 0 Å². The van der Waals surface area contributed by atoms with Gasteiger partial charge in [0.15, 0.2) is 6.20 Å². The van der Waals surface area contributed by atoms with Crippen molar-refractivity contribution >= 4 is 29.4 Å². The minimum atomic E-state index is -0.801. The Bertz CT molecular complexity index is 1330. The minimum absolute atomic E-state index is 0. The van der Waals surface area contributed by atoms with Crippen molar-refractivity contribution in [2.75, 3.05) is 0 Å². The van der Waals surface area contributed by atoms with E-state index >= 15 is 0 Å². The molecule has 0 bridgehead atoms. The summed E-state index contributed by atoms with van der Waals surface area (Å²) in [6.45, 7) is 0.129. The van der Waals surface area contributed by atoms with Crippen molar-refractivity contribution in [2.24, 2.45) is 7.05 Å². The molecule has 2 amide bonds. The molecule has 39 heavy (non-hydrogen) atoms. The summed E-state index contributed by atoms with van der Waals surface area (Å²) >= 11 is 1.63. The van der Waals surface area contributed by atoms with Crippen LogP contribution in [-0.4, -0.2) is 24.1 Å². The molecule has 0 aliphatic carbocycles. The first-order valence-electron chi connectivity index (χ1n) is 12.5. The predicted octanol–water partition coefficient (Wildman–Crippen LogP) is 1.86. The summed E-state index contributed by atoms with van der Waals surface area (Å²) < 4.78 is 7.44. The lowest BCUT2D eigenvalue weighted by Crippen LogP contribution is -3.00. The van der Waals surface area contributed by atoms with E-state index in [9.17, 15) is 9.59 Å². The van der Waals surface area contributed by atoms with E-state index in [1.807, 2.05) is 126 Å². The number of aryl methyl sites for hydroxylation is 1. The van der Waals surface area contributed by atoms with Gasteiger partial charge in [0.25, 0.3) is 5.01 Å². The summed E-state index contributed by atoms with van der Waals surface area (Å²) in [5, 5.41) is 9.02. The van der Waals surface area contributed by atoms with E-state index in [1.165, 1.54) is 0 Å². The van der Waals surface area contributed by atoms with E-state index in [0.717, 1.165) is 21.7 Å². The molecule has 6 nitrogen and oxygen atoms in total. The van der Waals surface area contributed by atoms with Gasteiger partial charge >= 0.3 is 6.09 Å². The number of nitrogens with one attached hydrogen (secondary N) is 2. The van der Waals surface area contributed by atoms with Crippen LogP contribution in [0.5, 0.6) is 0 Å². The number of hydrogen-bond acceptors (Lipinski definition) is 4. The Kier molecular flexibility index (Phi) is 12.2. The maximum absolute atomic E-state index is 13.6. The van der Waals surface area contributed by atoms with Gasteiger partial charge in [-0.2, -0.15) is 4.57 Å². The number of carbonyl (C=O) groups is 2. The average Bonchev–Trinajstić information content (AvgIpc) is 3.36. The molecule has 2 atom stereocenters. The molecule has 4 aromatic rings. The maximum atomic E-state index is 13.6. The van der Waals surface area contributed by atoms with E-state index in [4.69, 9.17) is 4.74 Å². The van der Waals surface area contributed by atoms with Gasteiger partial charge < -0.3 is 39.3 Å². The molecule has 1 heterocycles. The van der Waals surface area contributed by atoms with Gasteiger partial charge in [-0.25, -0.2) is 4.79 Å². The molecule has 4 rings (SSSR count). The fourth-order valence-corrected chi connectivity index (χ4v) is 4.76. The van der Waals surface area contributed by atoms with Crippen molar-refractivity contribution < 1.29 is 42.9 Å². The average molecular weight is 654 g/mol. The van der Waals surface area contributed by atoms with Gasteiger partial charge in [-0.3, -0.25) is 4.79 Å². The first-order valence-corrected chi connectivity index (χ1v) is 13.4. The van der Waals surface area contributed by atoms with Crippen LogP contribution < -0.4 is 39.2 Å². The van der Waals surface area contributed by atoms with Gasteiger partial charge in [0, 0.05) is 12.5 Å². The van der Waals surface area contributed by atoms with Gasteiger partial charge in [0.05, 0.1) is 11.4 Å². The van der Waals surface area contributed by atoms with Crippen molar-refractivity contribution in [2.45, 2.75) is 31.5 Å². The number of carbonyl (C=O) groups excluding carboxylic acids is 2. The lowest BCUT2D eigenvalue weighted by molar-refractivity contribution is -0.668. The number of nitrogens with zero attached hydrogens (tertiary/aromatic N) is 1. The number of amides is 2. The minimum Gasteiger partial charge on any atom is -1.00 e. The van der Waals surface area contributed by atoms with Crippen molar-refractivity contribution in [3.63, 3.8) is 0 Å². The Balaban J connectivity index is 0.00000420. The standard InChI is InChI=1S/C31H31N3O3S.HI/c1-34-19-20-38-29(34)18-17-27(21-24-11-5-2-6-12-24)32-30(35)28(22-25-13-7-3-8-14-25)33-31(36)37-23-26-15-9-4-10-16-26;/h2-20,27-28H,21-23H2,1H3,(H-,32,33,35,36);1H/b18-17+;. The maximum Gasteiger partial charge on any atom is 0.408 e. The molecule has 2 unspecified atom stereocenters. The Morgan fingerprint density at radius 2 is 1.41 bits per heavy atom. The number of hydrogen-bond donors (Lipinski definition) is 2. The van der Waals surface area contributed by atoms with Crippen LogP contribution in [0.4, 0.5) is 4.79 Å². The van der Waals surface area contributed by atoms with Gasteiger partial charge in [0.1, 0.15) is 19.7 Å². The molecule has 0 fully saturated rings. The van der Waals surface area contributed by atoms with Crippen molar-refractivity contribution in [1.82, 2.24) is 10.6 Å². The van der Waals surface area contributed by atoms with E-state index in [0.29, 0.717) is 12.8 Å². The second kappa shape index (κ2) is 15.8. The monoisotopic (exact) mass is 653 g/mol. The van der Waals surface area contributed by atoms with Crippen LogP contribution in [0.3, 0.4) is 0 Å². The molecule has 0 radical (unpaired) electrons. The van der Waals surface area contributed by atoms with Gasteiger partial charge in [-0.15, -0.1) is 0 Å². The highest BCUT2D eigenvalue weighted by atomic mass is 127. The highest BCUT2D eigenvalue weighted by Crippen LogP contribution is 2.11. The zero-order valence-electron chi connectivity index (χ0n) is 21.7. The van der Waals surface area contributed by atoms with Gasteiger partial charge in [-0.1, -0.05) is 108 Å². The van der Waals surface area contributed by atoms with Crippen LogP contribution in [0, 0.1) is 0 Å². The van der Waals surface area contributed by atoms with Gasteiger partial charge in [-0.05, 0) is 23.1 Å². The van der Waals surface area contributed by atoms with E-state index in [1.54, 1.807) is 11.3 Å². The van der Waals surface area contributed by atoms with E-state index < -0.39 is 12.1 Å². The second-order valence-electron chi connectivity index (χ2n) is 8.96. The topological polar surface area (TPSA) is 71.3 Å². The Labute approximate surface area is 250 Å². The molecule has 3 aromatic carbocycles. The quantitative estimate of drug-likeness (QED) is 0.192. The molecule has 2 N–H and O–H groups in total. The third kappa shape index (κ3) is 9.96. The molecule has 1 aromatic heterocycles. The third-order valence-corrected chi connectivity index (χ3v) is 6.95. The summed E-state index contributed by atoms with van der Waals surface area (Å²) in [5.41, 5.74) is 2.92. The number of halogens is 1. The highest BCUT2D eigenvalue weighted by Gasteiger charge is 2.24. The first kappa shape index (κ1) is 30.0. The molecule has 202 valence electrons. The summed E-state index contributed by atoms with van der Waals surface area (Å²) in [7, 11) is 1.99. The van der Waals surface area contributed by atoms with Crippen molar-refractivity contribution in [3.05, 3.63) is 130 Å². The first-order chi connectivity index (χ1) is 18.6. The lowest BCUT2D eigenvalue weighted by atomic mass is 10.0. The van der Waals surface area contributed by atoms with Crippen LogP contribution in [0.25, 0.3) is 6.08 Å². The van der Waals surface area contributed by atoms with E-state index in [-0.39, 0.29) is 42.5 Å². The predicted molar refractivity (Wildman–Crippen MR) is 150 cm³/mol. The zero-order chi connectivity index (χ0) is 26.6. The fourth-order valence-electron chi connectivity index (χ4n) is 3.99. The molecule has 0 saturated carbocycles. The number of thiazole rings is 1. The summed E-state index contributed by atoms with van der Waals surface area (Å²) in [6.07, 6.45) is 6.35. The number of rotatable bonds is 11. The Morgan fingerprint density at radius 3 is 1.97 bits per heavy atom. The molecule has 0 aliphatic heterocycles. The summed E-state index contributed by atoms with van der Waals surface area (Å²) in [5.74, 6) is -0.272. The summed E-state index contributed by atoms with van der Waals surface area (Å²) in [4.78, 5) is 26.3. The molecular formula is C31H32IN3O3S. The number of alkyl carbamates (subject to hydrolysis) is 1. The summed E-state index contributed by atoms with van der Waals surface area (Å²) in [6, 6.07) is 28.0. The largest absolute Gasteiger partial charge is 1.00 e. The second-order valence-corrected chi connectivity index (χ2v) is 9.89. The Morgan fingerprint density at radius 1 is 0.846 bits per heavy atom. The zero-order valence-corrected chi connectivity index (χ0v) is 24.7. The van der Waals surface area contributed by atoms with E-state index in [2.05, 4.69) is 10.6 Å². The molecule has 0 spiro atoms. The molecule has 0 saturated heterocycles. The normalized spacial score (nSPS) is 12.2. The van der Waals surface area contributed by atoms with Crippen LogP contribution in [0.2, 0.25) is 0 Å². The number of benzene rings is 3. The highest BCUT2D eigenvalue weighted by molar-refractivity contribution is 7.10. The smallest absolute Gasteiger partial charge is 0.408 e. The van der Waals surface area contributed by atoms with Crippen LogP contribution in [0.1, 0.15) is 21.7 Å². The van der Waals surface area contributed by atoms with Gasteiger partial charge in [0.2, 0.25) is 5.91 Å². The molecule has 8 heteroatoms. The van der Waals surface area contributed by atoms with Crippen LogP contribution >= 0.6 is 11.3 Å². The SMILES string of the molecule is C[n+]1ccsc1/C=C/C(Cc1ccccc1)NC(=O)C(Cc1ccccc1)NC(=O)OCc1ccccc1.[I-]. The lowest BCUT2D eigenvalue weighted by Gasteiger charge is -2.22. The molecular weight excluding hydrogens is 621 g/mol. The van der Waals surface area contributed by atoms with Crippen LogP contribution in [-0.2, 0) is 36.0 Å². The number of ether oxygens (including phenoxy) is 1. The Hall–Kier alpha value is -3.50. The van der Waals surface area contributed by atoms with Crippen LogP contribution in [0.15, 0.2) is 109 Å². The fraction of sp³-hybridized carbons (Fsp3) is 0.194. The van der Waals surface area contributed by atoms with Crippen molar-refractivity contribution in [3.8, 4) is 0 Å².